The fourth-order valence-corrected chi connectivity index (χ4v) is 2.72. The zero-order chi connectivity index (χ0) is 13.5. The van der Waals surface area contributed by atoms with Crippen LogP contribution in [0, 0.1) is 0 Å². The minimum Gasteiger partial charge on any atom is -0.382 e. The molecule has 0 radical (unpaired) electrons. The lowest BCUT2D eigenvalue weighted by Gasteiger charge is -2.31. The van der Waals surface area contributed by atoms with Crippen LogP contribution in [-0.4, -0.2) is 41.0 Å². The molecule has 106 valence electrons. The third kappa shape index (κ3) is 4.67. The van der Waals surface area contributed by atoms with E-state index in [1.165, 1.54) is 32.1 Å². The monoisotopic (exact) mass is 263 g/mol. The van der Waals surface area contributed by atoms with Gasteiger partial charge in [0.25, 0.3) is 0 Å². The van der Waals surface area contributed by atoms with E-state index in [0.717, 1.165) is 31.4 Å². The first kappa shape index (κ1) is 14.1. The summed E-state index contributed by atoms with van der Waals surface area (Å²) in [5.41, 5.74) is 5.59. The van der Waals surface area contributed by atoms with E-state index < -0.39 is 0 Å². The minimum atomic E-state index is 0.462. The third-order valence-electron chi connectivity index (χ3n) is 3.84. The molecule has 3 N–H and O–H groups in total. The van der Waals surface area contributed by atoms with Crippen LogP contribution in [0.2, 0.25) is 0 Å². The molecule has 1 saturated carbocycles. The highest BCUT2D eigenvalue weighted by Crippen LogP contribution is 2.21. The summed E-state index contributed by atoms with van der Waals surface area (Å²) in [6.07, 6.45) is 11.3. The average Bonchev–Trinajstić information content (AvgIpc) is 2.44. The van der Waals surface area contributed by atoms with Gasteiger partial charge in [-0.15, -0.1) is 0 Å². The standard InChI is InChI=1S/C14H25N5/c1-19(12-6-3-2-4-7-12)9-5-8-17-14-11-16-10-13(15)18-14/h10-12H,2-9H2,1H3,(H3,15,17,18). The molecule has 1 aromatic rings. The van der Waals surface area contributed by atoms with Gasteiger partial charge in [-0.2, -0.15) is 0 Å². The quantitative estimate of drug-likeness (QED) is 0.770. The fraction of sp³-hybridized carbons (Fsp3) is 0.714. The smallest absolute Gasteiger partial charge is 0.146 e. The van der Waals surface area contributed by atoms with Gasteiger partial charge in [0.05, 0.1) is 12.4 Å². The number of anilines is 2. The van der Waals surface area contributed by atoms with Crippen LogP contribution >= 0.6 is 0 Å². The van der Waals surface area contributed by atoms with Gasteiger partial charge >= 0.3 is 0 Å². The van der Waals surface area contributed by atoms with Crippen LogP contribution in [-0.2, 0) is 0 Å². The van der Waals surface area contributed by atoms with Crippen molar-refractivity contribution in [2.45, 2.75) is 44.6 Å². The maximum Gasteiger partial charge on any atom is 0.146 e. The molecule has 0 aromatic carbocycles. The van der Waals surface area contributed by atoms with Gasteiger partial charge in [-0.3, -0.25) is 4.98 Å². The number of nitrogens with one attached hydrogen (secondary N) is 1. The van der Waals surface area contributed by atoms with E-state index in [9.17, 15) is 0 Å². The second-order valence-corrected chi connectivity index (χ2v) is 5.38. The molecule has 2 rings (SSSR count). The molecule has 1 aliphatic rings. The van der Waals surface area contributed by atoms with Crippen LogP contribution in [0.4, 0.5) is 11.6 Å². The lowest BCUT2D eigenvalue weighted by atomic mass is 9.94. The van der Waals surface area contributed by atoms with E-state index in [2.05, 4.69) is 27.2 Å². The molecule has 5 nitrogen and oxygen atoms in total. The molecular weight excluding hydrogens is 238 g/mol. The van der Waals surface area contributed by atoms with Crippen molar-refractivity contribution in [3.8, 4) is 0 Å². The molecule has 1 fully saturated rings. The summed E-state index contributed by atoms with van der Waals surface area (Å²) in [4.78, 5) is 10.7. The van der Waals surface area contributed by atoms with Crippen molar-refractivity contribution in [1.82, 2.24) is 14.9 Å². The van der Waals surface area contributed by atoms with Crippen molar-refractivity contribution >= 4 is 11.6 Å². The van der Waals surface area contributed by atoms with Crippen molar-refractivity contribution in [1.29, 1.82) is 0 Å². The lowest BCUT2D eigenvalue weighted by Crippen LogP contribution is -2.34. The van der Waals surface area contributed by atoms with Gasteiger partial charge in [0.1, 0.15) is 11.6 Å². The number of rotatable bonds is 6. The SMILES string of the molecule is CN(CCCNc1cncc(N)n1)C1CCCCC1. The van der Waals surface area contributed by atoms with Gasteiger partial charge in [-0.25, -0.2) is 4.98 Å². The Morgan fingerprint density at radius 1 is 1.32 bits per heavy atom. The van der Waals surface area contributed by atoms with Crippen molar-refractivity contribution < 1.29 is 0 Å². The third-order valence-corrected chi connectivity index (χ3v) is 3.84. The number of nitrogens with zero attached hydrogens (tertiary/aromatic N) is 3. The summed E-state index contributed by atoms with van der Waals surface area (Å²) in [7, 11) is 2.25. The van der Waals surface area contributed by atoms with Gasteiger partial charge in [0, 0.05) is 12.6 Å². The Labute approximate surface area is 115 Å². The molecule has 0 bridgehead atoms. The number of nitrogen functional groups attached to an aromatic ring is 1. The highest BCUT2D eigenvalue weighted by atomic mass is 15.1. The Hall–Kier alpha value is -1.36. The van der Waals surface area contributed by atoms with Crippen molar-refractivity contribution in [3.05, 3.63) is 12.4 Å². The first-order chi connectivity index (χ1) is 9.25. The van der Waals surface area contributed by atoms with E-state index in [0.29, 0.717) is 5.82 Å². The van der Waals surface area contributed by atoms with E-state index in [4.69, 9.17) is 5.73 Å². The summed E-state index contributed by atoms with van der Waals surface area (Å²) in [6, 6.07) is 0.793. The number of nitrogens with two attached hydrogens (primary N) is 1. The second kappa shape index (κ2) is 7.28. The zero-order valence-electron chi connectivity index (χ0n) is 11.8. The summed E-state index contributed by atoms with van der Waals surface area (Å²) in [5.74, 6) is 1.23. The summed E-state index contributed by atoms with van der Waals surface area (Å²) in [5, 5.41) is 3.26. The molecule has 5 heteroatoms. The van der Waals surface area contributed by atoms with Gasteiger partial charge in [-0.1, -0.05) is 19.3 Å². The van der Waals surface area contributed by atoms with Crippen molar-refractivity contribution in [2.75, 3.05) is 31.2 Å². The fourth-order valence-electron chi connectivity index (χ4n) is 2.72. The molecule has 0 amide bonds. The van der Waals surface area contributed by atoms with Gasteiger partial charge in [-0.05, 0) is 32.9 Å². The Kier molecular flexibility index (Phi) is 5.39. The summed E-state index contributed by atoms with van der Waals surface area (Å²) < 4.78 is 0. The molecule has 19 heavy (non-hydrogen) atoms. The first-order valence-corrected chi connectivity index (χ1v) is 7.27. The van der Waals surface area contributed by atoms with Crippen LogP contribution in [0.5, 0.6) is 0 Å². The highest BCUT2D eigenvalue weighted by Gasteiger charge is 2.17. The average molecular weight is 263 g/mol. The normalized spacial score (nSPS) is 16.7. The minimum absolute atomic E-state index is 0.462. The maximum absolute atomic E-state index is 5.59. The molecule has 0 spiro atoms. The lowest BCUT2D eigenvalue weighted by molar-refractivity contribution is 0.191. The van der Waals surface area contributed by atoms with Gasteiger partial charge in [0.15, 0.2) is 0 Å². The number of hydrogen-bond acceptors (Lipinski definition) is 5. The molecule has 0 atom stereocenters. The van der Waals surface area contributed by atoms with Gasteiger partial charge < -0.3 is 16.0 Å². The Bertz CT molecular complexity index is 376. The Balaban J connectivity index is 1.63. The molecule has 1 aliphatic carbocycles. The summed E-state index contributed by atoms with van der Waals surface area (Å²) in [6.45, 7) is 2.04. The maximum atomic E-state index is 5.59. The largest absolute Gasteiger partial charge is 0.382 e. The van der Waals surface area contributed by atoms with Crippen molar-refractivity contribution in [2.24, 2.45) is 0 Å². The predicted molar refractivity (Wildman–Crippen MR) is 79.1 cm³/mol. The van der Waals surface area contributed by atoms with Crippen LogP contribution in [0.25, 0.3) is 0 Å². The molecule has 0 unspecified atom stereocenters. The van der Waals surface area contributed by atoms with Crippen LogP contribution in [0.1, 0.15) is 38.5 Å². The molecular formula is C14H25N5. The molecule has 1 heterocycles. The van der Waals surface area contributed by atoms with E-state index in [1.54, 1.807) is 12.4 Å². The van der Waals surface area contributed by atoms with Crippen LogP contribution in [0.15, 0.2) is 12.4 Å². The summed E-state index contributed by atoms with van der Waals surface area (Å²) >= 11 is 0. The second-order valence-electron chi connectivity index (χ2n) is 5.38. The highest BCUT2D eigenvalue weighted by molar-refractivity contribution is 5.38. The predicted octanol–water partition coefficient (Wildman–Crippen LogP) is 2.13. The van der Waals surface area contributed by atoms with Crippen LogP contribution in [0.3, 0.4) is 0 Å². The van der Waals surface area contributed by atoms with Gasteiger partial charge in [0.2, 0.25) is 0 Å². The first-order valence-electron chi connectivity index (χ1n) is 7.27. The van der Waals surface area contributed by atoms with E-state index in [-0.39, 0.29) is 0 Å². The zero-order valence-corrected chi connectivity index (χ0v) is 11.8. The number of hydrogen-bond donors (Lipinski definition) is 2. The Morgan fingerprint density at radius 3 is 2.84 bits per heavy atom. The van der Waals surface area contributed by atoms with Crippen LogP contribution < -0.4 is 11.1 Å². The van der Waals surface area contributed by atoms with E-state index in [1.807, 2.05) is 0 Å². The molecule has 1 aromatic heterocycles. The van der Waals surface area contributed by atoms with Crippen molar-refractivity contribution in [3.63, 3.8) is 0 Å². The molecule has 0 aliphatic heterocycles. The molecule has 0 saturated heterocycles. The van der Waals surface area contributed by atoms with E-state index >= 15 is 0 Å². The topological polar surface area (TPSA) is 67.1 Å². The Morgan fingerprint density at radius 2 is 2.11 bits per heavy atom. The number of aromatic nitrogens is 2.